The van der Waals surface area contributed by atoms with Crippen molar-refractivity contribution in [1.29, 1.82) is 0 Å². The second kappa shape index (κ2) is 5.42. The first-order valence-electron chi connectivity index (χ1n) is 6.11. The minimum atomic E-state index is -0.930. The van der Waals surface area contributed by atoms with Crippen LogP contribution < -0.4 is 0 Å². The van der Waals surface area contributed by atoms with Gasteiger partial charge in [-0.05, 0) is 34.6 Å². The molecule has 0 fully saturated rings. The van der Waals surface area contributed by atoms with Crippen LogP contribution in [-0.2, 0) is 4.79 Å². The van der Waals surface area contributed by atoms with E-state index >= 15 is 0 Å². The molecule has 1 aromatic rings. The smallest absolute Gasteiger partial charge is 0.305 e. The summed E-state index contributed by atoms with van der Waals surface area (Å²) < 4.78 is 4.99. The van der Waals surface area contributed by atoms with E-state index in [2.05, 4.69) is 5.16 Å². The maximum Gasteiger partial charge on any atom is 0.305 e. The zero-order chi connectivity index (χ0) is 14.8. The Morgan fingerprint density at radius 3 is 2.26 bits per heavy atom. The van der Waals surface area contributed by atoms with Gasteiger partial charge in [0, 0.05) is 12.1 Å². The Morgan fingerprint density at radius 2 is 1.89 bits per heavy atom. The molecule has 1 aromatic heterocycles. The molecule has 0 saturated carbocycles. The fourth-order valence-corrected chi connectivity index (χ4v) is 1.87. The van der Waals surface area contributed by atoms with Crippen molar-refractivity contribution in [1.82, 2.24) is 10.1 Å². The highest BCUT2D eigenvalue weighted by Gasteiger charge is 2.31. The largest absolute Gasteiger partial charge is 0.481 e. The van der Waals surface area contributed by atoms with Crippen molar-refractivity contribution in [3.63, 3.8) is 0 Å². The molecule has 0 aliphatic heterocycles. The fraction of sp³-hybridized carbons (Fsp3) is 0.615. The van der Waals surface area contributed by atoms with E-state index in [1.54, 1.807) is 13.8 Å². The predicted octanol–water partition coefficient (Wildman–Crippen LogP) is 2.01. The van der Waals surface area contributed by atoms with E-state index in [-0.39, 0.29) is 18.9 Å². The Morgan fingerprint density at radius 1 is 1.32 bits per heavy atom. The summed E-state index contributed by atoms with van der Waals surface area (Å²) in [5.74, 6) is -0.724. The Bertz CT molecular complexity index is 466. The van der Waals surface area contributed by atoms with Crippen LogP contribution in [0.5, 0.6) is 0 Å². The normalized spacial score (nSPS) is 11.4. The van der Waals surface area contributed by atoms with Crippen LogP contribution in [-0.4, -0.2) is 39.1 Å². The molecule has 106 valence electrons. The lowest BCUT2D eigenvalue weighted by molar-refractivity contribution is -0.137. The predicted molar refractivity (Wildman–Crippen MR) is 69.0 cm³/mol. The van der Waals surface area contributed by atoms with Crippen LogP contribution in [0.15, 0.2) is 4.52 Å². The lowest BCUT2D eigenvalue weighted by Crippen LogP contribution is -2.46. The van der Waals surface area contributed by atoms with Crippen molar-refractivity contribution in [2.75, 3.05) is 6.54 Å². The molecule has 0 atom stereocenters. The molecule has 1 N–H and O–H groups in total. The van der Waals surface area contributed by atoms with Gasteiger partial charge in [0.15, 0.2) is 0 Å². The number of aromatic nitrogens is 1. The van der Waals surface area contributed by atoms with Crippen molar-refractivity contribution >= 4 is 11.9 Å². The van der Waals surface area contributed by atoms with Crippen molar-refractivity contribution in [3.8, 4) is 0 Å². The minimum Gasteiger partial charge on any atom is -0.481 e. The number of carbonyl (C=O) groups is 2. The zero-order valence-corrected chi connectivity index (χ0v) is 12.0. The molecule has 0 spiro atoms. The third kappa shape index (κ3) is 3.56. The zero-order valence-electron chi connectivity index (χ0n) is 12.0. The van der Waals surface area contributed by atoms with Crippen LogP contribution >= 0.6 is 0 Å². The number of aliphatic carboxylic acids is 1. The standard InChI is InChI=1S/C13H20N2O4/c1-8-11(9(2)19-14-8)12(18)15(13(3,4)5)7-6-10(16)17/h6-7H2,1-5H3,(H,16,17). The molecule has 0 saturated heterocycles. The summed E-state index contributed by atoms with van der Waals surface area (Å²) >= 11 is 0. The second-order valence-corrected chi connectivity index (χ2v) is 5.47. The molecule has 0 radical (unpaired) electrons. The Kier molecular flexibility index (Phi) is 4.34. The number of carbonyl (C=O) groups excluding carboxylic acids is 1. The number of rotatable bonds is 4. The SMILES string of the molecule is Cc1noc(C)c1C(=O)N(CCC(=O)O)C(C)(C)C. The van der Waals surface area contributed by atoms with Crippen LogP contribution in [0, 0.1) is 13.8 Å². The van der Waals surface area contributed by atoms with E-state index in [0.29, 0.717) is 17.0 Å². The quantitative estimate of drug-likeness (QED) is 0.903. The van der Waals surface area contributed by atoms with Crippen molar-refractivity contribution in [3.05, 3.63) is 17.0 Å². The molecule has 1 heterocycles. The van der Waals surface area contributed by atoms with Gasteiger partial charge in [-0.1, -0.05) is 5.16 Å². The molecule has 0 aliphatic carbocycles. The van der Waals surface area contributed by atoms with Gasteiger partial charge in [-0.15, -0.1) is 0 Å². The Balaban J connectivity index is 3.05. The van der Waals surface area contributed by atoms with E-state index in [9.17, 15) is 9.59 Å². The van der Waals surface area contributed by atoms with Gasteiger partial charge in [0.2, 0.25) is 0 Å². The first kappa shape index (κ1) is 15.2. The summed E-state index contributed by atoms with van der Waals surface area (Å²) in [7, 11) is 0. The summed E-state index contributed by atoms with van der Waals surface area (Å²) in [5.41, 5.74) is 0.468. The van der Waals surface area contributed by atoms with Gasteiger partial charge >= 0.3 is 5.97 Å². The van der Waals surface area contributed by atoms with Crippen LogP contribution in [0.3, 0.4) is 0 Å². The van der Waals surface area contributed by atoms with Crippen molar-refractivity contribution in [2.45, 2.75) is 46.6 Å². The van der Waals surface area contributed by atoms with E-state index in [1.165, 1.54) is 4.90 Å². The molecule has 6 nitrogen and oxygen atoms in total. The maximum atomic E-state index is 12.5. The topological polar surface area (TPSA) is 83.6 Å². The first-order chi connectivity index (χ1) is 8.64. The Labute approximate surface area is 112 Å². The fourth-order valence-electron chi connectivity index (χ4n) is 1.87. The summed E-state index contributed by atoms with van der Waals surface area (Å²) in [5, 5.41) is 12.5. The summed E-state index contributed by atoms with van der Waals surface area (Å²) in [6.07, 6.45) is -0.0909. The van der Waals surface area contributed by atoms with Gasteiger partial charge in [-0.25, -0.2) is 0 Å². The average molecular weight is 268 g/mol. The molecule has 19 heavy (non-hydrogen) atoms. The number of nitrogens with zero attached hydrogens (tertiary/aromatic N) is 2. The number of carboxylic acid groups (broad SMARTS) is 1. The number of hydrogen-bond donors (Lipinski definition) is 1. The van der Waals surface area contributed by atoms with Crippen LogP contribution in [0.1, 0.15) is 49.0 Å². The van der Waals surface area contributed by atoms with Gasteiger partial charge in [0.1, 0.15) is 11.3 Å². The van der Waals surface area contributed by atoms with Crippen LogP contribution in [0.2, 0.25) is 0 Å². The number of carboxylic acids is 1. The third-order valence-electron chi connectivity index (χ3n) is 2.85. The Hall–Kier alpha value is -1.85. The molecular weight excluding hydrogens is 248 g/mol. The van der Waals surface area contributed by atoms with Gasteiger partial charge < -0.3 is 14.5 Å². The molecule has 1 rings (SSSR count). The summed E-state index contributed by atoms with van der Waals surface area (Å²) in [6, 6.07) is 0. The van der Waals surface area contributed by atoms with Gasteiger partial charge in [-0.2, -0.15) is 0 Å². The molecule has 0 bridgehead atoms. The van der Waals surface area contributed by atoms with E-state index in [1.807, 2.05) is 20.8 Å². The highest BCUT2D eigenvalue weighted by Crippen LogP contribution is 2.21. The van der Waals surface area contributed by atoms with E-state index < -0.39 is 11.5 Å². The molecule has 0 aromatic carbocycles. The van der Waals surface area contributed by atoms with Crippen molar-refractivity contribution in [2.24, 2.45) is 0 Å². The lowest BCUT2D eigenvalue weighted by atomic mass is 10.0. The summed E-state index contributed by atoms with van der Waals surface area (Å²) in [6.45, 7) is 9.12. The number of amides is 1. The molecule has 0 aliphatic rings. The van der Waals surface area contributed by atoms with Gasteiger partial charge in [0.25, 0.3) is 5.91 Å². The van der Waals surface area contributed by atoms with Crippen LogP contribution in [0.25, 0.3) is 0 Å². The molecule has 6 heteroatoms. The van der Waals surface area contributed by atoms with Crippen molar-refractivity contribution < 1.29 is 19.2 Å². The first-order valence-corrected chi connectivity index (χ1v) is 6.11. The number of hydrogen-bond acceptors (Lipinski definition) is 4. The highest BCUT2D eigenvalue weighted by atomic mass is 16.5. The molecule has 1 amide bonds. The lowest BCUT2D eigenvalue weighted by Gasteiger charge is -2.35. The minimum absolute atomic E-state index is 0.0909. The van der Waals surface area contributed by atoms with E-state index in [4.69, 9.17) is 9.63 Å². The summed E-state index contributed by atoms with van der Waals surface area (Å²) in [4.78, 5) is 24.8. The second-order valence-electron chi connectivity index (χ2n) is 5.47. The average Bonchev–Trinajstić information content (AvgIpc) is 2.56. The molecular formula is C13H20N2O4. The van der Waals surface area contributed by atoms with Gasteiger partial charge in [-0.3, -0.25) is 9.59 Å². The monoisotopic (exact) mass is 268 g/mol. The van der Waals surface area contributed by atoms with E-state index in [0.717, 1.165) is 0 Å². The maximum absolute atomic E-state index is 12.5. The van der Waals surface area contributed by atoms with Gasteiger partial charge in [0.05, 0.1) is 12.1 Å². The van der Waals surface area contributed by atoms with Crippen LogP contribution in [0.4, 0.5) is 0 Å². The highest BCUT2D eigenvalue weighted by molar-refractivity contribution is 5.96. The number of aryl methyl sites for hydroxylation is 2. The third-order valence-corrected chi connectivity index (χ3v) is 2.85. The molecule has 0 unspecified atom stereocenters.